The predicted molar refractivity (Wildman–Crippen MR) is 59.6 cm³/mol. The highest BCUT2D eigenvalue weighted by molar-refractivity contribution is 5.94. The molecule has 2 N–H and O–H groups in total. The van der Waals surface area contributed by atoms with Crippen molar-refractivity contribution in [1.29, 1.82) is 0 Å². The largest absolute Gasteiger partial charge is 0.391 e. The molecule has 0 saturated heterocycles. The topological polar surface area (TPSA) is 49.3 Å². The molecule has 0 radical (unpaired) electrons. The van der Waals surface area contributed by atoms with Crippen molar-refractivity contribution in [1.82, 2.24) is 5.32 Å². The van der Waals surface area contributed by atoms with E-state index < -0.39 is 23.6 Å². The number of aliphatic hydroxyl groups excluding tert-OH is 1. The Morgan fingerprint density at radius 1 is 1.35 bits per heavy atom. The highest BCUT2D eigenvalue weighted by Gasteiger charge is 2.10. The van der Waals surface area contributed by atoms with Gasteiger partial charge in [-0.15, -0.1) is 0 Å². The molecule has 1 unspecified atom stereocenters. The van der Waals surface area contributed by atoms with Crippen LogP contribution in [0, 0.1) is 11.6 Å². The number of halogens is 2. The summed E-state index contributed by atoms with van der Waals surface area (Å²) < 4.78 is 25.7. The maximum atomic E-state index is 12.8. The molecule has 0 aliphatic carbocycles. The third-order valence-electron chi connectivity index (χ3n) is 2.24. The minimum Gasteiger partial charge on any atom is -0.391 e. The third kappa shape index (κ3) is 4.48. The van der Waals surface area contributed by atoms with Gasteiger partial charge in [-0.2, -0.15) is 0 Å². The minimum absolute atomic E-state index is 0.0742. The van der Waals surface area contributed by atoms with E-state index in [1.54, 1.807) is 0 Å². The molecule has 94 valence electrons. The summed E-state index contributed by atoms with van der Waals surface area (Å²) in [5.41, 5.74) is -0.0915. The summed E-state index contributed by atoms with van der Waals surface area (Å²) in [5, 5.41) is 11.8. The number of hydrogen-bond acceptors (Lipinski definition) is 2. The van der Waals surface area contributed by atoms with Crippen LogP contribution < -0.4 is 5.32 Å². The number of carbonyl (C=O) groups is 1. The first kappa shape index (κ1) is 13.6. The first-order chi connectivity index (χ1) is 8.02. The van der Waals surface area contributed by atoms with Crippen LogP contribution >= 0.6 is 0 Å². The Morgan fingerprint density at radius 2 is 1.94 bits per heavy atom. The van der Waals surface area contributed by atoms with Gasteiger partial charge < -0.3 is 10.4 Å². The number of nitrogens with one attached hydrogen (secondary N) is 1. The summed E-state index contributed by atoms with van der Waals surface area (Å²) in [6, 6.07) is 2.60. The van der Waals surface area contributed by atoms with Crippen molar-refractivity contribution < 1.29 is 18.7 Å². The predicted octanol–water partition coefficient (Wildman–Crippen LogP) is 1.86. The van der Waals surface area contributed by atoms with Gasteiger partial charge in [-0.3, -0.25) is 4.79 Å². The van der Waals surface area contributed by atoms with Gasteiger partial charge in [0.05, 0.1) is 6.10 Å². The van der Waals surface area contributed by atoms with E-state index in [2.05, 4.69) is 5.32 Å². The van der Waals surface area contributed by atoms with Crippen LogP contribution in [-0.2, 0) is 0 Å². The molecular weight excluding hydrogens is 228 g/mol. The van der Waals surface area contributed by atoms with Gasteiger partial charge in [0.15, 0.2) is 0 Å². The lowest BCUT2D eigenvalue weighted by Crippen LogP contribution is -2.32. The molecule has 0 saturated carbocycles. The quantitative estimate of drug-likeness (QED) is 0.829. The van der Waals surface area contributed by atoms with Gasteiger partial charge in [0.1, 0.15) is 11.6 Å². The van der Waals surface area contributed by atoms with Crippen molar-refractivity contribution >= 4 is 5.91 Å². The molecule has 3 nitrogen and oxygen atoms in total. The van der Waals surface area contributed by atoms with Gasteiger partial charge in [0.25, 0.3) is 5.91 Å². The summed E-state index contributed by atoms with van der Waals surface area (Å²) >= 11 is 0. The van der Waals surface area contributed by atoms with Crippen LogP contribution in [0.4, 0.5) is 8.78 Å². The lowest BCUT2D eigenvalue weighted by atomic mass is 10.2. The van der Waals surface area contributed by atoms with Crippen molar-refractivity contribution in [2.45, 2.75) is 25.9 Å². The van der Waals surface area contributed by atoms with E-state index in [-0.39, 0.29) is 12.1 Å². The first-order valence-electron chi connectivity index (χ1n) is 5.45. The van der Waals surface area contributed by atoms with Crippen molar-refractivity contribution in [2.75, 3.05) is 6.54 Å². The van der Waals surface area contributed by atoms with Gasteiger partial charge in [0, 0.05) is 18.2 Å². The van der Waals surface area contributed by atoms with Gasteiger partial charge in [-0.25, -0.2) is 8.78 Å². The Balaban J connectivity index is 2.58. The average molecular weight is 243 g/mol. The molecule has 0 aromatic heterocycles. The summed E-state index contributed by atoms with van der Waals surface area (Å²) in [6.45, 7) is 1.98. The Kier molecular flexibility index (Phi) is 5.03. The molecular formula is C12H15F2NO2. The van der Waals surface area contributed by atoms with Crippen molar-refractivity contribution in [3.05, 3.63) is 35.4 Å². The number of aliphatic hydroxyl groups is 1. The van der Waals surface area contributed by atoms with Crippen LogP contribution in [0.25, 0.3) is 0 Å². The molecule has 0 bridgehead atoms. The van der Waals surface area contributed by atoms with Gasteiger partial charge >= 0.3 is 0 Å². The fourth-order valence-corrected chi connectivity index (χ4v) is 1.43. The number of hydrogen-bond donors (Lipinski definition) is 2. The SMILES string of the molecule is CCCC(O)CNC(=O)c1cc(F)cc(F)c1. The van der Waals surface area contributed by atoms with Crippen LogP contribution in [0.5, 0.6) is 0 Å². The van der Waals surface area contributed by atoms with Crippen LogP contribution in [-0.4, -0.2) is 23.7 Å². The van der Waals surface area contributed by atoms with Crippen molar-refractivity contribution in [3.63, 3.8) is 0 Å². The first-order valence-corrected chi connectivity index (χ1v) is 5.45. The van der Waals surface area contributed by atoms with E-state index in [4.69, 9.17) is 0 Å². The molecule has 0 aliphatic rings. The molecule has 1 atom stereocenters. The fourth-order valence-electron chi connectivity index (χ4n) is 1.43. The van der Waals surface area contributed by atoms with Gasteiger partial charge in [-0.1, -0.05) is 13.3 Å². The summed E-state index contributed by atoms with van der Waals surface area (Å²) in [5.74, 6) is -2.20. The molecule has 0 aliphatic heterocycles. The lowest BCUT2D eigenvalue weighted by Gasteiger charge is -2.10. The summed E-state index contributed by atoms with van der Waals surface area (Å²) in [7, 11) is 0. The molecule has 17 heavy (non-hydrogen) atoms. The number of carbonyl (C=O) groups excluding carboxylic acids is 1. The van der Waals surface area contributed by atoms with Gasteiger partial charge in [0.2, 0.25) is 0 Å². The zero-order chi connectivity index (χ0) is 12.8. The fraction of sp³-hybridized carbons (Fsp3) is 0.417. The Labute approximate surface area is 98.5 Å². The van der Waals surface area contributed by atoms with E-state index >= 15 is 0 Å². The van der Waals surface area contributed by atoms with Crippen LogP contribution in [0.15, 0.2) is 18.2 Å². The van der Waals surface area contributed by atoms with Crippen LogP contribution in [0.2, 0.25) is 0 Å². The lowest BCUT2D eigenvalue weighted by molar-refractivity contribution is 0.0909. The summed E-state index contributed by atoms with van der Waals surface area (Å²) in [6.07, 6.45) is 0.728. The number of amides is 1. The van der Waals surface area contributed by atoms with Crippen LogP contribution in [0.1, 0.15) is 30.1 Å². The number of rotatable bonds is 5. The van der Waals surface area contributed by atoms with E-state index in [9.17, 15) is 18.7 Å². The maximum absolute atomic E-state index is 12.8. The molecule has 0 heterocycles. The molecule has 5 heteroatoms. The summed E-state index contributed by atoms with van der Waals surface area (Å²) in [4.78, 5) is 11.5. The maximum Gasteiger partial charge on any atom is 0.251 e. The molecule has 1 aromatic carbocycles. The molecule has 0 fully saturated rings. The van der Waals surface area contributed by atoms with Crippen molar-refractivity contribution in [3.8, 4) is 0 Å². The molecule has 0 spiro atoms. The Hall–Kier alpha value is -1.49. The highest BCUT2D eigenvalue weighted by Crippen LogP contribution is 2.07. The van der Waals surface area contributed by atoms with Gasteiger partial charge in [-0.05, 0) is 18.6 Å². The second-order valence-corrected chi connectivity index (χ2v) is 3.81. The Bertz CT molecular complexity index is 376. The molecule has 1 aromatic rings. The van der Waals surface area contributed by atoms with Crippen LogP contribution in [0.3, 0.4) is 0 Å². The van der Waals surface area contributed by atoms with E-state index in [0.29, 0.717) is 12.5 Å². The third-order valence-corrected chi connectivity index (χ3v) is 2.24. The van der Waals surface area contributed by atoms with E-state index in [1.165, 1.54) is 0 Å². The van der Waals surface area contributed by atoms with E-state index in [0.717, 1.165) is 18.6 Å². The molecule has 1 rings (SSSR count). The zero-order valence-electron chi connectivity index (χ0n) is 9.54. The second-order valence-electron chi connectivity index (χ2n) is 3.81. The monoisotopic (exact) mass is 243 g/mol. The standard InChI is InChI=1S/C12H15F2NO2/c1-2-3-11(16)7-15-12(17)8-4-9(13)6-10(14)5-8/h4-6,11,16H,2-3,7H2,1H3,(H,15,17). The zero-order valence-corrected chi connectivity index (χ0v) is 9.54. The smallest absolute Gasteiger partial charge is 0.251 e. The van der Waals surface area contributed by atoms with Crippen molar-refractivity contribution in [2.24, 2.45) is 0 Å². The minimum atomic E-state index is -0.802. The Morgan fingerprint density at radius 3 is 2.47 bits per heavy atom. The van der Waals surface area contributed by atoms with E-state index in [1.807, 2.05) is 6.92 Å². The normalized spacial score (nSPS) is 12.2. The number of benzene rings is 1. The highest BCUT2D eigenvalue weighted by atomic mass is 19.1. The average Bonchev–Trinajstić information content (AvgIpc) is 2.25. The second kappa shape index (κ2) is 6.30. The molecule has 1 amide bonds.